The molecule has 0 aliphatic carbocycles. The second-order valence-electron chi connectivity index (χ2n) is 8.48. The Hall–Kier alpha value is -4.30. The minimum atomic E-state index is -0.796. The number of aromatic nitrogens is 2. The van der Waals surface area contributed by atoms with E-state index in [1.54, 1.807) is 54.5 Å². The van der Waals surface area contributed by atoms with Gasteiger partial charge in [0.2, 0.25) is 5.91 Å². The van der Waals surface area contributed by atoms with Gasteiger partial charge in [-0.2, -0.15) is 0 Å². The van der Waals surface area contributed by atoms with Crippen LogP contribution in [0.5, 0.6) is 0 Å². The topological polar surface area (TPSA) is 87.0 Å². The molecule has 0 radical (unpaired) electrons. The van der Waals surface area contributed by atoms with Crippen molar-refractivity contribution in [3.8, 4) is 0 Å². The summed E-state index contributed by atoms with van der Waals surface area (Å²) in [7, 11) is 0. The number of hydrogen-bond donors (Lipinski definition) is 1. The molecule has 6 rings (SSSR count). The van der Waals surface area contributed by atoms with E-state index in [2.05, 4.69) is 10.4 Å². The first-order valence-corrected chi connectivity index (χ1v) is 11.1. The maximum atomic E-state index is 13.8. The van der Waals surface area contributed by atoms with Gasteiger partial charge in [0.05, 0.1) is 34.6 Å². The highest BCUT2D eigenvalue weighted by molar-refractivity contribution is 6.25. The van der Waals surface area contributed by atoms with E-state index < -0.39 is 18.0 Å². The molecule has 0 unspecified atom stereocenters. The Balaban J connectivity index is 1.53. The molecule has 2 saturated heterocycles. The molecule has 4 heterocycles. The van der Waals surface area contributed by atoms with Crippen LogP contribution < -0.4 is 20.9 Å². The van der Waals surface area contributed by atoms with Crippen LogP contribution in [0.15, 0.2) is 89.9 Å². The Morgan fingerprint density at radius 2 is 1.44 bits per heavy atom. The summed E-state index contributed by atoms with van der Waals surface area (Å²) in [5.41, 5.74) is 5.76. The van der Waals surface area contributed by atoms with Crippen molar-refractivity contribution in [1.29, 1.82) is 0 Å². The zero-order valence-electron chi connectivity index (χ0n) is 18.3. The van der Waals surface area contributed by atoms with E-state index in [9.17, 15) is 14.4 Å². The number of pyridine rings is 1. The van der Waals surface area contributed by atoms with Crippen LogP contribution >= 0.6 is 0 Å². The molecule has 168 valence electrons. The fourth-order valence-corrected chi connectivity index (χ4v) is 5.06. The predicted octanol–water partition coefficient (Wildman–Crippen LogP) is 2.63. The van der Waals surface area contributed by atoms with Crippen molar-refractivity contribution in [3.63, 3.8) is 0 Å². The van der Waals surface area contributed by atoms with E-state index in [-0.39, 0.29) is 17.4 Å². The van der Waals surface area contributed by atoms with Crippen LogP contribution in [0.1, 0.15) is 17.3 Å². The highest BCUT2D eigenvalue weighted by atomic mass is 16.2. The van der Waals surface area contributed by atoms with Gasteiger partial charge in [0.25, 0.3) is 11.5 Å². The van der Waals surface area contributed by atoms with Crippen molar-refractivity contribution in [2.45, 2.75) is 19.0 Å². The number of fused-ring (bicyclic) bond motifs is 2. The molecule has 2 aromatic heterocycles. The molecule has 2 aliphatic heterocycles. The van der Waals surface area contributed by atoms with Crippen molar-refractivity contribution in [3.05, 3.63) is 107 Å². The summed E-state index contributed by atoms with van der Waals surface area (Å²) in [5, 5.41) is 1.72. The lowest BCUT2D eigenvalue weighted by molar-refractivity contribution is -0.122. The molecule has 2 aliphatic rings. The van der Waals surface area contributed by atoms with Crippen LogP contribution in [0, 0.1) is 12.8 Å². The molecule has 0 saturated carbocycles. The normalized spacial score (nSPS) is 22.0. The SMILES string of the molecule is Cc1nc2ccccn2c(=O)c1[C@H]1NN(c2ccccc2)[C@@H]2C(=O)N(c3ccccc3)C(=O)[C@H]12. The van der Waals surface area contributed by atoms with Crippen LogP contribution in [0.3, 0.4) is 0 Å². The molecule has 0 spiro atoms. The van der Waals surface area contributed by atoms with Gasteiger partial charge in [-0.05, 0) is 43.3 Å². The first kappa shape index (κ1) is 20.3. The number of rotatable bonds is 3. The van der Waals surface area contributed by atoms with Gasteiger partial charge in [0.15, 0.2) is 0 Å². The van der Waals surface area contributed by atoms with Gasteiger partial charge in [-0.3, -0.25) is 23.8 Å². The lowest BCUT2D eigenvalue weighted by Gasteiger charge is -2.26. The number of carbonyl (C=O) groups is 2. The maximum absolute atomic E-state index is 13.8. The predicted molar refractivity (Wildman–Crippen MR) is 127 cm³/mol. The van der Waals surface area contributed by atoms with Crippen molar-refractivity contribution in [2.75, 3.05) is 9.91 Å². The largest absolute Gasteiger partial charge is 0.294 e. The first-order chi connectivity index (χ1) is 16.6. The number of nitrogens with one attached hydrogen (secondary N) is 1. The van der Waals surface area contributed by atoms with Crippen molar-refractivity contribution >= 4 is 28.8 Å². The molecule has 0 bridgehead atoms. The molecule has 8 heteroatoms. The van der Waals surface area contributed by atoms with Gasteiger partial charge in [0, 0.05) is 6.20 Å². The fraction of sp³-hybridized carbons (Fsp3) is 0.154. The number of benzene rings is 2. The van der Waals surface area contributed by atoms with Gasteiger partial charge in [0.1, 0.15) is 11.7 Å². The van der Waals surface area contributed by atoms with E-state index in [1.807, 2.05) is 42.5 Å². The molecule has 2 aromatic carbocycles. The summed E-state index contributed by atoms with van der Waals surface area (Å²) >= 11 is 0. The van der Waals surface area contributed by atoms with Gasteiger partial charge < -0.3 is 0 Å². The van der Waals surface area contributed by atoms with Crippen molar-refractivity contribution in [1.82, 2.24) is 14.8 Å². The van der Waals surface area contributed by atoms with Gasteiger partial charge in [-0.25, -0.2) is 15.3 Å². The van der Waals surface area contributed by atoms with E-state index >= 15 is 0 Å². The number of anilines is 2. The summed E-state index contributed by atoms with van der Waals surface area (Å²) in [6.07, 6.45) is 1.66. The number of para-hydroxylation sites is 2. The van der Waals surface area contributed by atoms with Gasteiger partial charge >= 0.3 is 0 Å². The highest BCUT2D eigenvalue weighted by Gasteiger charge is 2.60. The number of hydrogen-bond acceptors (Lipinski definition) is 6. The standard InChI is InChI=1S/C26H21N5O3/c1-16-20(24(32)29-15-9-8-14-19(29)27-16)22-21-23(31(28-22)18-12-6-3-7-13-18)26(34)30(25(21)33)17-10-4-2-5-11-17/h2-15,21-23,28H,1H3/t21-,22-,23+/m1/s1. The zero-order chi connectivity index (χ0) is 23.4. The van der Waals surface area contributed by atoms with E-state index in [0.29, 0.717) is 22.6 Å². The zero-order valence-corrected chi connectivity index (χ0v) is 18.3. The summed E-state index contributed by atoms with van der Waals surface area (Å²) in [5.74, 6) is -1.46. The third-order valence-corrected chi connectivity index (χ3v) is 6.55. The molecule has 4 aromatic rings. The average Bonchev–Trinajstić information content (AvgIpc) is 3.37. The summed E-state index contributed by atoms with van der Waals surface area (Å²) < 4.78 is 1.47. The monoisotopic (exact) mass is 451 g/mol. The lowest BCUT2D eigenvalue weighted by Crippen LogP contribution is -2.46. The maximum Gasteiger partial charge on any atom is 0.262 e. The van der Waals surface area contributed by atoms with Gasteiger partial charge in [-0.15, -0.1) is 0 Å². The number of aryl methyl sites for hydroxylation is 1. The summed E-state index contributed by atoms with van der Waals surface area (Å²) in [4.78, 5) is 46.8. The van der Waals surface area contributed by atoms with Crippen LogP contribution in [0.2, 0.25) is 0 Å². The smallest absolute Gasteiger partial charge is 0.262 e. The van der Waals surface area contributed by atoms with E-state index in [0.717, 1.165) is 5.69 Å². The first-order valence-electron chi connectivity index (χ1n) is 11.1. The van der Waals surface area contributed by atoms with Crippen molar-refractivity contribution in [2.24, 2.45) is 5.92 Å². The minimum absolute atomic E-state index is 0.257. The van der Waals surface area contributed by atoms with Gasteiger partial charge in [-0.1, -0.05) is 42.5 Å². The summed E-state index contributed by atoms with van der Waals surface area (Å²) in [6.45, 7) is 1.77. The Morgan fingerprint density at radius 3 is 2.15 bits per heavy atom. The van der Waals surface area contributed by atoms with Crippen molar-refractivity contribution < 1.29 is 9.59 Å². The van der Waals surface area contributed by atoms with Crippen LogP contribution in [-0.4, -0.2) is 27.2 Å². The number of hydrazine groups is 1. The van der Waals surface area contributed by atoms with Crippen LogP contribution in [-0.2, 0) is 9.59 Å². The molecule has 2 amide bonds. The van der Waals surface area contributed by atoms with Crippen LogP contribution in [0.4, 0.5) is 11.4 Å². The molecule has 8 nitrogen and oxygen atoms in total. The quantitative estimate of drug-likeness (QED) is 0.482. The number of carbonyl (C=O) groups excluding carboxylic acids is 2. The molecule has 1 N–H and O–H groups in total. The average molecular weight is 451 g/mol. The fourth-order valence-electron chi connectivity index (χ4n) is 5.06. The van der Waals surface area contributed by atoms with E-state index in [4.69, 9.17) is 0 Å². The second-order valence-corrected chi connectivity index (χ2v) is 8.48. The third kappa shape index (κ3) is 2.89. The molecule has 3 atom stereocenters. The van der Waals surface area contributed by atoms with Crippen LogP contribution in [0.25, 0.3) is 5.65 Å². The number of amides is 2. The highest BCUT2D eigenvalue weighted by Crippen LogP contribution is 2.43. The molecule has 34 heavy (non-hydrogen) atoms. The lowest BCUT2D eigenvalue weighted by atomic mass is 9.90. The summed E-state index contributed by atoms with van der Waals surface area (Å²) in [6, 6.07) is 22.1. The Labute approximate surface area is 195 Å². The van der Waals surface area contributed by atoms with E-state index in [1.165, 1.54) is 9.30 Å². The number of imide groups is 1. The second kappa shape index (κ2) is 7.64. The molecule has 2 fully saturated rings. The molecular weight excluding hydrogens is 430 g/mol. The molecular formula is C26H21N5O3. The minimum Gasteiger partial charge on any atom is -0.294 e. The number of nitrogens with zero attached hydrogens (tertiary/aromatic N) is 4. The Bertz CT molecular complexity index is 1490. The third-order valence-electron chi connectivity index (χ3n) is 6.55. The Kier molecular flexibility index (Phi) is 4.56. The Morgan fingerprint density at radius 1 is 0.794 bits per heavy atom.